The van der Waals surface area contributed by atoms with Crippen molar-refractivity contribution in [3.8, 4) is 5.75 Å². The van der Waals surface area contributed by atoms with Crippen molar-refractivity contribution in [2.75, 3.05) is 11.9 Å². The summed E-state index contributed by atoms with van der Waals surface area (Å²) in [5.74, 6) is -0.774. The molecular weight excluding hydrogens is 350 g/mol. The van der Waals surface area contributed by atoms with Gasteiger partial charge in [-0.2, -0.15) is 0 Å². The third kappa shape index (κ3) is 5.21. The summed E-state index contributed by atoms with van der Waals surface area (Å²) in [5.41, 5.74) is 1.33. The standard InChI is InChI=1S/C16H14BrNO4/c17-12-3-5-13(6-4-12)18-15(20)10-22-16(21)9-11-1-7-14(19)8-2-11/h1-8,19H,9-10H2,(H,18,20). The molecule has 0 fully saturated rings. The van der Waals surface area contributed by atoms with Crippen LogP contribution < -0.4 is 5.32 Å². The lowest BCUT2D eigenvalue weighted by molar-refractivity contribution is -0.146. The van der Waals surface area contributed by atoms with Crippen LogP contribution in [0.2, 0.25) is 0 Å². The van der Waals surface area contributed by atoms with E-state index in [1.54, 1.807) is 36.4 Å². The van der Waals surface area contributed by atoms with Crippen molar-refractivity contribution in [2.24, 2.45) is 0 Å². The molecule has 0 aliphatic carbocycles. The molecule has 0 bridgehead atoms. The van der Waals surface area contributed by atoms with Gasteiger partial charge in [-0.25, -0.2) is 0 Å². The van der Waals surface area contributed by atoms with Gasteiger partial charge in [-0.1, -0.05) is 28.1 Å². The topological polar surface area (TPSA) is 75.6 Å². The fourth-order valence-electron chi connectivity index (χ4n) is 1.71. The lowest BCUT2D eigenvalue weighted by atomic mass is 10.1. The van der Waals surface area contributed by atoms with Gasteiger partial charge in [-0.3, -0.25) is 9.59 Å². The van der Waals surface area contributed by atoms with E-state index in [9.17, 15) is 9.59 Å². The molecule has 0 heterocycles. The second-order valence-electron chi connectivity index (χ2n) is 4.56. The summed E-state index contributed by atoms with van der Waals surface area (Å²) in [5, 5.41) is 11.8. The lowest BCUT2D eigenvalue weighted by Gasteiger charge is -2.07. The molecule has 0 saturated carbocycles. The van der Waals surface area contributed by atoms with Gasteiger partial charge in [0.25, 0.3) is 5.91 Å². The average Bonchev–Trinajstić information content (AvgIpc) is 2.50. The molecule has 22 heavy (non-hydrogen) atoms. The van der Waals surface area contributed by atoms with Crippen LogP contribution in [0, 0.1) is 0 Å². The van der Waals surface area contributed by atoms with Crippen molar-refractivity contribution in [3.63, 3.8) is 0 Å². The Bertz CT molecular complexity index is 593. The Hall–Kier alpha value is -2.34. The van der Waals surface area contributed by atoms with E-state index in [0.717, 1.165) is 4.47 Å². The number of aromatic hydroxyl groups is 1. The van der Waals surface area contributed by atoms with Gasteiger partial charge in [0.15, 0.2) is 6.61 Å². The van der Waals surface area contributed by atoms with Crippen LogP contribution in [0.25, 0.3) is 0 Å². The number of hydrogen-bond acceptors (Lipinski definition) is 4. The van der Waals surface area contributed by atoms with E-state index in [-0.39, 0.29) is 18.8 Å². The van der Waals surface area contributed by atoms with Crippen LogP contribution in [0.3, 0.4) is 0 Å². The first-order chi connectivity index (χ1) is 10.5. The van der Waals surface area contributed by atoms with Crippen LogP contribution in [-0.4, -0.2) is 23.6 Å². The number of anilines is 1. The predicted octanol–water partition coefficient (Wildman–Crippen LogP) is 2.88. The van der Waals surface area contributed by atoms with Crippen LogP contribution in [0.5, 0.6) is 5.75 Å². The molecule has 0 radical (unpaired) electrons. The first kappa shape index (κ1) is 16.0. The van der Waals surface area contributed by atoms with Crippen LogP contribution in [-0.2, 0) is 20.7 Å². The zero-order chi connectivity index (χ0) is 15.9. The molecule has 2 aromatic rings. The van der Waals surface area contributed by atoms with Gasteiger partial charge in [-0.05, 0) is 42.0 Å². The summed E-state index contributed by atoms with van der Waals surface area (Å²) in [6.45, 7) is -0.340. The van der Waals surface area contributed by atoms with Crippen molar-refractivity contribution < 1.29 is 19.4 Å². The number of carbonyl (C=O) groups excluding carboxylic acids is 2. The highest BCUT2D eigenvalue weighted by molar-refractivity contribution is 9.10. The third-order valence-electron chi connectivity index (χ3n) is 2.78. The maximum atomic E-state index is 11.7. The number of carbonyl (C=O) groups is 2. The summed E-state index contributed by atoms with van der Waals surface area (Å²) in [4.78, 5) is 23.3. The average molecular weight is 364 g/mol. The quantitative estimate of drug-likeness (QED) is 0.800. The second-order valence-corrected chi connectivity index (χ2v) is 5.47. The van der Waals surface area contributed by atoms with Crippen molar-refractivity contribution in [3.05, 3.63) is 58.6 Å². The van der Waals surface area contributed by atoms with Crippen molar-refractivity contribution >= 4 is 33.5 Å². The van der Waals surface area contributed by atoms with Gasteiger partial charge in [0, 0.05) is 10.2 Å². The summed E-state index contributed by atoms with van der Waals surface area (Å²) in [7, 11) is 0. The minimum atomic E-state index is -0.503. The molecule has 6 heteroatoms. The van der Waals surface area contributed by atoms with Gasteiger partial charge in [0.2, 0.25) is 0 Å². The molecule has 0 saturated heterocycles. The van der Waals surface area contributed by atoms with Gasteiger partial charge in [0.1, 0.15) is 5.75 Å². The molecule has 0 unspecified atom stereocenters. The van der Waals surface area contributed by atoms with Gasteiger partial charge in [-0.15, -0.1) is 0 Å². The summed E-state index contributed by atoms with van der Waals surface area (Å²) in [6.07, 6.45) is 0.0475. The molecule has 5 nitrogen and oxygen atoms in total. The number of halogens is 1. The maximum absolute atomic E-state index is 11.7. The Morgan fingerprint density at radius 2 is 1.68 bits per heavy atom. The van der Waals surface area contributed by atoms with E-state index >= 15 is 0 Å². The van der Waals surface area contributed by atoms with E-state index < -0.39 is 11.9 Å². The van der Waals surface area contributed by atoms with E-state index in [4.69, 9.17) is 9.84 Å². The molecule has 0 aromatic heterocycles. The van der Waals surface area contributed by atoms with Crippen LogP contribution in [0.15, 0.2) is 53.0 Å². The predicted molar refractivity (Wildman–Crippen MR) is 85.5 cm³/mol. The molecular formula is C16H14BrNO4. The Kier molecular flexibility index (Phi) is 5.55. The number of rotatable bonds is 5. The Labute approximate surface area is 136 Å². The number of benzene rings is 2. The normalized spacial score (nSPS) is 10.0. The fraction of sp³-hybridized carbons (Fsp3) is 0.125. The van der Waals surface area contributed by atoms with Crippen LogP contribution in [0.4, 0.5) is 5.69 Å². The monoisotopic (exact) mass is 363 g/mol. The van der Waals surface area contributed by atoms with Gasteiger partial charge < -0.3 is 15.2 Å². The summed E-state index contributed by atoms with van der Waals surface area (Å²) >= 11 is 3.30. The van der Waals surface area contributed by atoms with Crippen molar-refractivity contribution in [2.45, 2.75) is 6.42 Å². The minimum Gasteiger partial charge on any atom is -0.508 e. The maximum Gasteiger partial charge on any atom is 0.310 e. The summed E-state index contributed by atoms with van der Waals surface area (Å²) < 4.78 is 5.82. The highest BCUT2D eigenvalue weighted by Crippen LogP contribution is 2.14. The Morgan fingerprint density at radius 1 is 1.05 bits per heavy atom. The zero-order valence-electron chi connectivity index (χ0n) is 11.6. The van der Waals surface area contributed by atoms with Gasteiger partial charge >= 0.3 is 5.97 Å². The van der Waals surface area contributed by atoms with E-state index in [0.29, 0.717) is 11.3 Å². The SMILES string of the molecule is O=C(COC(=O)Cc1ccc(O)cc1)Nc1ccc(Br)cc1. The number of amides is 1. The third-order valence-corrected chi connectivity index (χ3v) is 3.31. The summed E-state index contributed by atoms with van der Waals surface area (Å²) in [6, 6.07) is 13.3. The molecule has 114 valence electrons. The van der Waals surface area contributed by atoms with Crippen LogP contribution in [0.1, 0.15) is 5.56 Å². The molecule has 0 aliphatic heterocycles. The number of esters is 1. The van der Waals surface area contributed by atoms with Crippen molar-refractivity contribution in [1.29, 1.82) is 0 Å². The van der Waals surface area contributed by atoms with Crippen molar-refractivity contribution in [1.82, 2.24) is 0 Å². The number of hydrogen-bond donors (Lipinski definition) is 2. The van der Waals surface area contributed by atoms with E-state index in [1.165, 1.54) is 12.1 Å². The Balaban J connectivity index is 1.76. The molecule has 1 amide bonds. The van der Waals surface area contributed by atoms with Gasteiger partial charge in [0.05, 0.1) is 6.42 Å². The number of phenols is 1. The highest BCUT2D eigenvalue weighted by Gasteiger charge is 2.09. The largest absolute Gasteiger partial charge is 0.508 e. The molecule has 0 spiro atoms. The number of ether oxygens (including phenoxy) is 1. The minimum absolute atomic E-state index is 0.0475. The lowest BCUT2D eigenvalue weighted by Crippen LogP contribution is -2.21. The molecule has 2 aromatic carbocycles. The first-order valence-electron chi connectivity index (χ1n) is 6.52. The molecule has 0 atom stereocenters. The highest BCUT2D eigenvalue weighted by atomic mass is 79.9. The van der Waals surface area contributed by atoms with E-state index in [1.807, 2.05) is 0 Å². The second kappa shape index (κ2) is 7.61. The number of nitrogens with one attached hydrogen (secondary N) is 1. The molecule has 0 aliphatic rings. The zero-order valence-corrected chi connectivity index (χ0v) is 13.2. The molecule has 2 rings (SSSR count). The molecule has 2 N–H and O–H groups in total. The van der Waals surface area contributed by atoms with Crippen LogP contribution >= 0.6 is 15.9 Å². The first-order valence-corrected chi connectivity index (χ1v) is 7.31. The smallest absolute Gasteiger partial charge is 0.310 e. The number of phenolic OH excluding ortho intramolecular Hbond substituents is 1. The Morgan fingerprint density at radius 3 is 2.32 bits per heavy atom. The fourth-order valence-corrected chi connectivity index (χ4v) is 1.97. The van der Waals surface area contributed by atoms with E-state index in [2.05, 4.69) is 21.2 Å².